The number of esters is 1. The van der Waals surface area contributed by atoms with Crippen LogP contribution in [0.15, 0.2) is 97.1 Å². The molecular weight excluding hydrogens is 574 g/mol. The third-order valence-corrected chi connectivity index (χ3v) is 9.57. The van der Waals surface area contributed by atoms with E-state index in [-0.39, 0.29) is 54.0 Å². The molecule has 4 aromatic rings. The Hall–Kier alpha value is -5.64. The van der Waals surface area contributed by atoms with Gasteiger partial charge in [-0.15, -0.1) is 0 Å². The van der Waals surface area contributed by atoms with Crippen LogP contribution in [0.25, 0.3) is 0 Å². The Bertz CT molecular complexity index is 1840. The fourth-order valence-corrected chi connectivity index (χ4v) is 7.69. The van der Waals surface area contributed by atoms with Crippen LogP contribution in [-0.4, -0.2) is 35.2 Å². The second-order valence-corrected chi connectivity index (χ2v) is 11.9. The summed E-state index contributed by atoms with van der Waals surface area (Å²) in [5, 5.41) is 11.0. The van der Waals surface area contributed by atoms with Gasteiger partial charge in [-0.1, -0.05) is 54.6 Å². The first-order chi connectivity index (χ1) is 21.8. The van der Waals surface area contributed by atoms with Crippen LogP contribution < -0.4 is 14.5 Å². The average molecular weight is 600 g/mol. The Balaban J connectivity index is 1.04. The molecule has 45 heavy (non-hydrogen) atoms. The van der Waals surface area contributed by atoms with Gasteiger partial charge in [0.2, 0.25) is 17.7 Å². The van der Waals surface area contributed by atoms with Gasteiger partial charge in [0, 0.05) is 48.7 Å². The van der Waals surface area contributed by atoms with Gasteiger partial charge in [0.1, 0.15) is 5.75 Å². The summed E-state index contributed by atoms with van der Waals surface area (Å²) in [6, 6.07) is 28.0. The van der Waals surface area contributed by atoms with E-state index in [1.165, 1.54) is 40.1 Å². The molecule has 0 saturated carbocycles. The molecule has 9 rings (SSSR count). The average Bonchev–Trinajstić information content (AvgIpc) is 3.58. The summed E-state index contributed by atoms with van der Waals surface area (Å²) in [5.41, 5.74) is 5.02. The van der Waals surface area contributed by atoms with Gasteiger partial charge in [0.25, 0.3) is 5.69 Å². The van der Waals surface area contributed by atoms with Crippen LogP contribution in [0.1, 0.15) is 40.5 Å². The molecule has 2 heterocycles. The second-order valence-electron chi connectivity index (χ2n) is 11.9. The van der Waals surface area contributed by atoms with Crippen LogP contribution in [-0.2, 0) is 19.2 Å². The Labute approximate surface area is 257 Å². The van der Waals surface area contributed by atoms with E-state index >= 15 is 0 Å². The summed E-state index contributed by atoms with van der Waals surface area (Å²) in [5.74, 6) is -3.59. The fourth-order valence-electron chi connectivity index (χ4n) is 7.69. The predicted molar refractivity (Wildman–Crippen MR) is 162 cm³/mol. The van der Waals surface area contributed by atoms with E-state index in [1.54, 1.807) is 18.2 Å². The van der Waals surface area contributed by atoms with Gasteiger partial charge in [-0.3, -0.25) is 29.3 Å². The lowest BCUT2D eigenvalue weighted by Gasteiger charge is -2.45. The molecule has 2 bridgehead atoms. The number of nitro benzene ring substituents is 1. The number of hydrogen-bond donors (Lipinski definition) is 0. The molecule has 2 aliphatic heterocycles. The number of non-ortho nitro benzene ring substituents is 1. The van der Waals surface area contributed by atoms with Crippen molar-refractivity contribution in [2.24, 2.45) is 17.8 Å². The van der Waals surface area contributed by atoms with Crippen molar-refractivity contribution in [3.05, 3.63) is 129 Å². The summed E-state index contributed by atoms with van der Waals surface area (Å²) >= 11 is 0. The summed E-state index contributed by atoms with van der Waals surface area (Å²) < 4.78 is 5.67. The lowest BCUT2D eigenvalue weighted by Crippen LogP contribution is -2.41. The quantitative estimate of drug-likeness (QED) is 0.104. The zero-order valence-electron chi connectivity index (χ0n) is 23.7. The van der Waals surface area contributed by atoms with E-state index in [0.29, 0.717) is 11.4 Å². The number of amides is 3. The molecular formula is C35H25N3O7. The van der Waals surface area contributed by atoms with Gasteiger partial charge >= 0.3 is 5.97 Å². The Morgan fingerprint density at radius 2 is 1.29 bits per heavy atom. The molecule has 4 aromatic carbocycles. The molecule has 3 amide bonds. The van der Waals surface area contributed by atoms with Gasteiger partial charge in [-0.2, -0.15) is 0 Å². The summed E-state index contributed by atoms with van der Waals surface area (Å²) in [6.45, 7) is 0.0610. The highest BCUT2D eigenvalue weighted by atomic mass is 16.6. The minimum absolute atomic E-state index is 0.0610. The maximum Gasteiger partial charge on any atom is 0.316 e. The van der Waals surface area contributed by atoms with Gasteiger partial charge < -0.3 is 9.64 Å². The van der Waals surface area contributed by atoms with Crippen molar-refractivity contribution in [3.63, 3.8) is 0 Å². The molecule has 5 aliphatic rings. The molecule has 10 heteroatoms. The van der Waals surface area contributed by atoms with Gasteiger partial charge in [-0.05, 0) is 46.5 Å². The number of imide groups is 1. The lowest BCUT2D eigenvalue weighted by atomic mass is 9.55. The Morgan fingerprint density at radius 1 is 0.733 bits per heavy atom. The smallest absolute Gasteiger partial charge is 0.316 e. The summed E-state index contributed by atoms with van der Waals surface area (Å²) in [6.07, 6.45) is -0.0775. The van der Waals surface area contributed by atoms with E-state index < -0.39 is 28.6 Å². The monoisotopic (exact) mass is 599 g/mol. The molecule has 0 unspecified atom stereocenters. The first kappa shape index (κ1) is 26.9. The number of nitrogens with zero attached hydrogens (tertiary/aromatic N) is 3. The molecule has 222 valence electrons. The lowest BCUT2D eigenvalue weighted by molar-refractivity contribution is -0.384. The van der Waals surface area contributed by atoms with Crippen LogP contribution in [0.3, 0.4) is 0 Å². The zero-order valence-corrected chi connectivity index (χ0v) is 23.7. The van der Waals surface area contributed by atoms with E-state index in [4.69, 9.17) is 4.74 Å². The summed E-state index contributed by atoms with van der Waals surface area (Å²) in [4.78, 5) is 67.1. The molecule has 3 aliphatic carbocycles. The summed E-state index contributed by atoms with van der Waals surface area (Å²) in [7, 11) is 0. The van der Waals surface area contributed by atoms with Crippen molar-refractivity contribution in [1.29, 1.82) is 0 Å². The molecule has 0 aromatic heterocycles. The van der Waals surface area contributed by atoms with Crippen LogP contribution in [0.2, 0.25) is 0 Å². The van der Waals surface area contributed by atoms with E-state index in [0.717, 1.165) is 22.3 Å². The maximum atomic E-state index is 14.1. The van der Waals surface area contributed by atoms with Crippen molar-refractivity contribution in [3.8, 4) is 5.75 Å². The van der Waals surface area contributed by atoms with Crippen molar-refractivity contribution in [2.75, 3.05) is 16.3 Å². The van der Waals surface area contributed by atoms with Gasteiger partial charge in [-0.25, -0.2) is 4.90 Å². The minimum Gasteiger partial charge on any atom is -0.426 e. The zero-order chi connectivity index (χ0) is 31.0. The highest BCUT2D eigenvalue weighted by Gasteiger charge is 2.61. The first-order valence-electron chi connectivity index (χ1n) is 14.7. The second kappa shape index (κ2) is 9.95. The molecule has 3 atom stereocenters. The predicted octanol–water partition coefficient (Wildman–Crippen LogP) is 4.95. The third kappa shape index (κ3) is 4.02. The number of rotatable bonds is 5. The van der Waals surface area contributed by atoms with E-state index in [1.807, 2.05) is 24.3 Å². The number of ether oxygens (including phenoxy) is 1. The molecule has 2 fully saturated rings. The third-order valence-electron chi connectivity index (χ3n) is 9.57. The Morgan fingerprint density at radius 3 is 1.82 bits per heavy atom. The highest BCUT2D eigenvalue weighted by molar-refractivity contribution is 6.23. The minimum atomic E-state index is -0.762. The number of nitro groups is 1. The van der Waals surface area contributed by atoms with Gasteiger partial charge in [0.05, 0.1) is 28.4 Å². The van der Waals surface area contributed by atoms with Crippen LogP contribution in [0.5, 0.6) is 5.75 Å². The van der Waals surface area contributed by atoms with Crippen molar-refractivity contribution >= 4 is 40.8 Å². The Kier molecular flexibility index (Phi) is 5.96. The van der Waals surface area contributed by atoms with Crippen molar-refractivity contribution < 1.29 is 28.8 Å². The molecule has 0 spiro atoms. The van der Waals surface area contributed by atoms with Crippen LogP contribution in [0, 0.1) is 27.9 Å². The molecule has 2 saturated heterocycles. The number of anilines is 2. The van der Waals surface area contributed by atoms with Gasteiger partial charge in [0.15, 0.2) is 0 Å². The number of carbonyl (C=O) groups excluding carboxylic acids is 4. The fraction of sp³-hybridized carbons (Fsp3) is 0.200. The molecule has 10 nitrogen and oxygen atoms in total. The normalized spacial score (nSPS) is 24.4. The topological polar surface area (TPSA) is 127 Å². The largest absolute Gasteiger partial charge is 0.426 e. The van der Waals surface area contributed by atoms with E-state index in [9.17, 15) is 29.3 Å². The SMILES string of the molecule is O=C(Oc1cccc(N2C(=O)[C@@H]3C4c5ccccc5C(c5ccccc54)[C@H]3C2=O)c1)[C@@H]1CC(=O)N(c2ccc([N+](=O)[O-])cc2)C1. The number of carbonyl (C=O) groups is 4. The molecule has 0 N–H and O–H groups in total. The molecule has 0 radical (unpaired) electrons. The first-order valence-corrected chi connectivity index (χ1v) is 14.7. The van der Waals surface area contributed by atoms with Crippen LogP contribution >= 0.6 is 0 Å². The van der Waals surface area contributed by atoms with Crippen LogP contribution in [0.4, 0.5) is 17.1 Å². The van der Waals surface area contributed by atoms with Crippen molar-refractivity contribution in [1.82, 2.24) is 0 Å². The highest BCUT2D eigenvalue weighted by Crippen LogP contribution is 2.61. The maximum absolute atomic E-state index is 14.1. The number of benzene rings is 4. The van der Waals surface area contributed by atoms with E-state index in [2.05, 4.69) is 24.3 Å². The van der Waals surface area contributed by atoms with Crippen molar-refractivity contribution in [2.45, 2.75) is 18.3 Å². The standard InChI is InChI=1S/C35H25N3O7/c39-28-16-19(18-36(28)20-12-14-21(15-13-20)38(43)44)35(42)45-23-7-5-6-22(17-23)37-33(40)31-29-24-8-1-2-9-25(24)30(32(31)34(37)41)27-11-4-3-10-26(27)29/h1-15,17,19,29-32H,16,18H2/t19-,29?,30?,31-,32-/m1/s1. The number of hydrogen-bond acceptors (Lipinski definition) is 7.